The fourth-order valence-corrected chi connectivity index (χ4v) is 4.24. The predicted molar refractivity (Wildman–Crippen MR) is 137 cm³/mol. The molecule has 1 fully saturated rings. The normalized spacial score (nSPS) is 16.9. The molecule has 6 nitrogen and oxygen atoms in total. The lowest BCUT2D eigenvalue weighted by molar-refractivity contribution is 0.136. The van der Waals surface area contributed by atoms with Crippen LogP contribution in [0.3, 0.4) is 0 Å². The molecule has 0 amide bonds. The molecule has 0 aromatic heterocycles. The molecule has 1 unspecified atom stereocenters. The zero-order valence-electron chi connectivity index (χ0n) is 21.4. The van der Waals surface area contributed by atoms with Crippen LogP contribution in [0.15, 0.2) is 23.2 Å². The van der Waals surface area contributed by atoms with Crippen molar-refractivity contribution in [1.82, 2.24) is 20.4 Å². The van der Waals surface area contributed by atoms with Crippen LogP contribution >= 0.6 is 0 Å². The third kappa shape index (κ3) is 9.78. The summed E-state index contributed by atoms with van der Waals surface area (Å²) in [6.07, 6.45) is 3.64. The number of aliphatic imine (C=N–C) groups is 1. The predicted octanol–water partition coefficient (Wildman–Crippen LogP) is 3.89. The van der Waals surface area contributed by atoms with Crippen LogP contribution in [0.25, 0.3) is 0 Å². The summed E-state index contributed by atoms with van der Waals surface area (Å²) in [5.74, 6) is 2.45. The van der Waals surface area contributed by atoms with E-state index in [0.29, 0.717) is 12.5 Å². The van der Waals surface area contributed by atoms with Crippen LogP contribution in [0, 0.1) is 12.8 Å². The smallest absolute Gasteiger partial charge is 0.191 e. The van der Waals surface area contributed by atoms with Crippen LogP contribution in [0.1, 0.15) is 58.1 Å². The van der Waals surface area contributed by atoms with Crippen molar-refractivity contribution in [3.8, 4) is 5.75 Å². The fraction of sp³-hybridized carbons (Fsp3) is 0.731. The molecule has 1 atom stereocenters. The highest BCUT2D eigenvalue weighted by Crippen LogP contribution is 2.23. The van der Waals surface area contributed by atoms with Gasteiger partial charge in [0.05, 0.1) is 6.10 Å². The highest BCUT2D eigenvalue weighted by molar-refractivity contribution is 5.79. The van der Waals surface area contributed by atoms with Crippen LogP contribution in [0.5, 0.6) is 5.75 Å². The van der Waals surface area contributed by atoms with E-state index in [0.717, 1.165) is 31.1 Å². The largest absolute Gasteiger partial charge is 0.490 e. The van der Waals surface area contributed by atoms with E-state index in [-0.39, 0.29) is 6.10 Å². The number of rotatable bonds is 12. The Bertz CT molecular complexity index is 683. The minimum Gasteiger partial charge on any atom is -0.490 e. The molecule has 182 valence electrons. The van der Waals surface area contributed by atoms with Crippen molar-refractivity contribution in [2.45, 2.75) is 66.5 Å². The molecule has 0 saturated carbocycles. The number of ether oxygens (including phenoxy) is 1. The first kappa shape index (κ1) is 26.5. The van der Waals surface area contributed by atoms with E-state index in [1.54, 1.807) is 0 Å². The number of hydrogen-bond donors (Lipinski definition) is 2. The average molecular weight is 446 g/mol. The molecule has 2 rings (SSSR count). The van der Waals surface area contributed by atoms with Gasteiger partial charge in [-0.25, -0.2) is 0 Å². The van der Waals surface area contributed by atoms with Crippen LogP contribution in [0.2, 0.25) is 0 Å². The van der Waals surface area contributed by atoms with Gasteiger partial charge in [0.25, 0.3) is 0 Å². The summed E-state index contributed by atoms with van der Waals surface area (Å²) in [7, 11) is 1.83. The molecular formula is C26H47N5O. The maximum atomic E-state index is 6.28. The second kappa shape index (κ2) is 14.4. The van der Waals surface area contributed by atoms with Gasteiger partial charge in [0, 0.05) is 51.9 Å². The van der Waals surface area contributed by atoms with E-state index in [9.17, 15) is 0 Å². The molecule has 0 spiro atoms. The van der Waals surface area contributed by atoms with E-state index in [1.807, 2.05) is 7.05 Å². The van der Waals surface area contributed by atoms with Gasteiger partial charge >= 0.3 is 0 Å². The number of aryl methyl sites for hydroxylation is 1. The van der Waals surface area contributed by atoms with Gasteiger partial charge in [-0.3, -0.25) is 4.99 Å². The van der Waals surface area contributed by atoms with Gasteiger partial charge in [-0.15, -0.1) is 0 Å². The van der Waals surface area contributed by atoms with Gasteiger partial charge in [0.15, 0.2) is 5.96 Å². The van der Waals surface area contributed by atoms with E-state index < -0.39 is 0 Å². The number of hydrogen-bond acceptors (Lipinski definition) is 4. The molecule has 1 aliphatic heterocycles. The van der Waals surface area contributed by atoms with Crippen LogP contribution in [-0.2, 0) is 6.54 Å². The summed E-state index contributed by atoms with van der Waals surface area (Å²) < 4.78 is 6.28. The molecule has 0 radical (unpaired) electrons. The lowest BCUT2D eigenvalue weighted by Crippen LogP contribution is -2.46. The van der Waals surface area contributed by atoms with Gasteiger partial charge in [0.1, 0.15) is 5.75 Å². The Kier molecular flexibility index (Phi) is 11.9. The average Bonchev–Trinajstić information content (AvgIpc) is 2.76. The highest BCUT2D eigenvalue weighted by atomic mass is 16.5. The van der Waals surface area contributed by atoms with Gasteiger partial charge in [0.2, 0.25) is 0 Å². The maximum Gasteiger partial charge on any atom is 0.191 e. The number of benzene rings is 1. The molecule has 2 N–H and O–H groups in total. The van der Waals surface area contributed by atoms with Crippen molar-refractivity contribution in [3.63, 3.8) is 0 Å². The molecule has 32 heavy (non-hydrogen) atoms. The SMILES string of the molecule is CCN1CCN(CCCCNC(=NC)NCc2ccc(C)cc2OC(C)CC(C)C)CC1. The first-order valence-corrected chi connectivity index (χ1v) is 12.6. The van der Waals surface area contributed by atoms with Gasteiger partial charge in [-0.2, -0.15) is 0 Å². The van der Waals surface area contributed by atoms with Crippen molar-refractivity contribution >= 4 is 5.96 Å². The van der Waals surface area contributed by atoms with Crippen molar-refractivity contribution in [3.05, 3.63) is 29.3 Å². The van der Waals surface area contributed by atoms with E-state index in [4.69, 9.17) is 4.74 Å². The second-order valence-corrected chi connectivity index (χ2v) is 9.50. The molecule has 1 aromatic rings. The summed E-state index contributed by atoms with van der Waals surface area (Å²) >= 11 is 0. The molecular weight excluding hydrogens is 398 g/mol. The number of guanidine groups is 1. The van der Waals surface area contributed by atoms with E-state index in [2.05, 4.69) is 78.2 Å². The first-order chi connectivity index (χ1) is 15.4. The second-order valence-electron chi connectivity index (χ2n) is 9.50. The minimum atomic E-state index is 0.206. The first-order valence-electron chi connectivity index (χ1n) is 12.6. The van der Waals surface area contributed by atoms with Crippen LogP contribution in [0.4, 0.5) is 0 Å². The molecule has 0 aliphatic carbocycles. The Morgan fingerprint density at radius 1 is 1.06 bits per heavy atom. The third-order valence-electron chi connectivity index (χ3n) is 6.13. The summed E-state index contributed by atoms with van der Waals surface area (Å²) in [4.78, 5) is 9.52. The third-order valence-corrected chi connectivity index (χ3v) is 6.13. The van der Waals surface area contributed by atoms with Gasteiger partial charge in [-0.1, -0.05) is 32.9 Å². The van der Waals surface area contributed by atoms with Crippen molar-refractivity contribution in [2.24, 2.45) is 10.9 Å². The Balaban J connectivity index is 1.72. The number of nitrogens with zero attached hydrogens (tertiary/aromatic N) is 3. The lowest BCUT2D eigenvalue weighted by atomic mass is 10.1. The zero-order valence-corrected chi connectivity index (χ0v) is 21.4. The van der Waals surface area contributed by atoms with Gasteiger partial charge in [-0.05, 0) is 63.7 Å². The number of unbranched alkanes of at least 4 members (excludes halogenated alkanes) is 1. The molecule has 1 saturated heterocycles. The van der Waals surface area contributed by atoms with Crippen molar-refractivity contribution in [2.75, 3.05) is 52.9 Å². The van der Waals surface area contributed by atoms with Crippen LogP contribution in [-0.4, -0.2) is 74.7 Å². The molecule has 0 bridgehead atoms. The Hall–Kier alpha value is -1.79. The highest BCUT2D eigenvalue weighted by Gasteiger charge is 2.14. The standard InChI is InChI=1S/C26H47N5O/c1-7-30-14-16-31(17-15-30)13-9-8-12-28-26(27-6)29-20-24-11-10-22(4)19-25(24)32-23(5)18-21(2)3/h10-11,19,21,23H,7-9,12-18,20H2,1-6H3,(H2,27,28,29). The van der Waals surface area contributed by atoms with E-state index >= 15 is 0 Å². The monoisotopic (exact) mass is 445 g/mol. The van der Waals surface area contributed by atoms with Crippen LogP contribution < -0.4 is 15.4 Å². The minimum absolute atomic E-state index is 0.206. The molecule has 1 aromatic carbocycles. The molecule has 1 heterocycles. The summed E-state index contributed by atoms with van der Waals surface area (Å²) in [5, 5.41) is 6.92. The fourth-order valence-electron chi connectivity index (χ4n) is 4.24. The number of likely N-dealkylation sites (N-methyl/N-ethyl adjacent to an activating group) is 1. The number of nitrogens with one attached hydrogen (secondary N) is 2. The summed E-state index contributed by atoms with van der Waals surface area (Å²) in [5.41, 5.74) is 2.39. The molecule has 1 aliphatic rings. The zero-order chi connectivity index (χ0) is 23.3. The summed E-state index contributed by atoms with van der Waals surface area (Å²) in [6.45, 7) is 19.9. The Labute approximate surface area is 196 Å². The quantitative estimate of drug-likeness (QED) is 0.290. The summed E-state index contributed by atoms with van der Waals surface area (Å²) in [6, 6.07) is 6.45. The number of piperazine rings is 1. The maximum absolute atomic E-state index is 6.28. The Morgan fingerprint density at radius 3 is 2.44 bits per heavy atom. The molecule has 6 heteroatoms. The van der Waals surface area contributed by atoms with E-state index in [1.165, 1.54) is 56.8 Å². The van der Waals surface area contributed by atoms with Gasteiger partial charge < -0.3 is 25.2 Å². The van der Waals surface area contributed by atoms with Crippen molar-refractivity contribution in [1.29, 1.82) is 0 Å². The van der Waals surface area contributed by atoms with Crippen molar-refractivity contribution < 1.29 is 4.74 Å². The lowest BCUT2D eigenvalue weighted by Gasteiger charge is -2.34. The Morgan fingerprint density at radius 2 is 1.78 bits per heavy atom. The topological polar surface area (TPSA) is 52.1 Å².